The lowest BCUT2D eigenvalue weighted by atomic mass is 10.2. The normalized spacial score (nSPS) is 11.5. The van der Waals surface area contributed by atoms with Crippen LogP contribution in [-0.2, 0) is 13.1 Å². The summed E-state index contributed by atoms with van der Waals surface area (Å²) in [7, 11) is 0. The largest absolute Gasteiger partial charge is 0.357 e. The number of aromatic nitrogens is 2. The fraction of sp³-hybridized carbons (Fsp3) is 0.222. The summed E-state index contributed by atoms with van der Waals surface area (Å²) in [5, 5.41) is 15.1. The highest BCUT2D eigenvalue weighted by molar-refractivity contribution is 7.07. The minimum atomic E-state index is 0.687. The van der Waals surface area contributed by atoms with E-state index in [1.54, 1.807) is 17.5 Å². The summed E-state index contributed by atoms with van der Waals surface area (Å²) < 4.78 is 1.86. The second kappa shape index (κ2) is 8.31. The van der Waals surface area contributed by atoms with Gasteiger partial charge < -0.3 is 10.6 Å². The highest BCUT2D eigenvalue weighted by Crippen LogP contribution is 2.10. The Balaban J connectivity index is 1.64. The van der Waals surface area contributed by atoms with Crippen LogP contribution < -0.4 is 10.6 Å². The van der Waals surface area contributed by atoms with Crippen molar-refractivity contribution in [3.05, 3.63) is 70.7 Å². The maximum Gasteiger partial charge on any atom is 0.191 e. The lowest BCUT2D eigenvalue weighted by Crippen LogP contribution is -2.36. The fourth-order valence-electron chi connectivity index (χ4n) is 2.31. The van der Waals surface area contributed by atoms with Gasteiger partial charge in [0.2, 0.25) is 0 Å². The average molecular weight is 339 g/mol. The highest BCUT2D eigenvalue weighted by atomic mass is 32.1. The van der Waals surface area contributed by atoms with Crippen LogP contribution in [0.1, 0.15) is 18.1 Å². The fourth-order valence-corrected chi connectivity index (χ4v) is 2.97. The molecule has 3 rings (SSSR count). The zero-order valence-corrected chi connectivity index (χ0v) is 14.5. The number of benzene rings is 1. The van der Waals surface area contributed by atoms with Gasteiger partial charge in [0.15, 0.2) is 5.96 Å². The minimum Gasteiger partial charge on any atom is -0.357 e. The first-order valence-corrected chi connectivity index (χ1v) is 8.91. The predicted molar refractivity (Wildman–Crippen MR) is 99.5 cm³/mol. The number of thiophene rings is 1. The van der Waals surface area contributed by atoms with E-state index < -0.39 is 0 Å². The van der Waals surface area contributed by atoms with Crippen LogP contribution in [-0.4, -0.2) is 22.3 Å². The van der Waals surface area contributed by atoms with Gasteiger partial charge in [-0.25, -0.2) is 9.67 Å². The average Bonchev–Trinajstić information content (AvgIpc) is 3.31. The number of nitrogens with zero attached hydrogens (tertiary/aromatic N) is 3. The van der Waals surface area contributed by atoms with Crippen molar-refractivity contribution in [2.75, 3.05) is 6.54 Å². The van der Waals surface area contributed by atoms with Gasteiger partial charge in [-0.05, 0) is 53.1 Å². The van der Waals surface area contributed by atoms with Crippen molar-refractivity contribution in [3.8, 4) is 5.69 Å². The van der Waals surface area contributed by atoms with Crippen LogP contribution in [0.3, 0.4) is 0 Å². The summed E-state index contributed by atoms with van der Waals surface area (Å²) in [5.41, 5.74) is 3.47. The van der Waals surface area contributed by atoms with Gasteiger partial charge in [-0.2, -0.15) is 16.4 Å². The maximum atomic E-state index is 4.63. The SMILES string of the molecule is CCNC(=NCc1ccsc1)NCc1cccc(-n2cccn2)c1. The topological polar surface area (TPSA) is 54.2 Å². The monoisotopic (exact) mass is 339 g/mol. The molecule has 0 amide bonds. The van der Waals surface area contributed by atoms with Gasteiger partial charge in [-0.15, -0.1) is 0 Å². The van der Waals surface area contributed by atoms with Crippen LogP contribution in [0.2, 0.25) is 0 Å². The molecule has 24 heavy (non-hydrogen) atoms. The summed E-state index contributed by atoms with van der Waals surface area (Å²) in [5.74, 6) is 0.827. The van der Waals surface area contributed by atoms with Crippen LogP contribution >= 0.6 is 11.3 Å². The molecule has 2 aromatic heterocycles. The molecule has 0 aliphatic heterocycles. The summed E-state index contributed by atoms with van der Waals surface area (Å²) in [6, 6.07) is 12.3. The van der Waals surface area contributed by atoms with Gasteiger partial charge in [-0.1, -0.05) is 12.1 Å². The summed E-state index contributed by atoms with van der Waals surface area (Å²) in [6.07, 6.45) is 3.73. The summed E-state index contributed by atoms with van der Waals surface area (Å²) in [4.78, 5) is 4.63. The number of guanidine groups is 1. The zero-order chi connectivity index (χ0) is 16.6. The minimum absolute atomic E-state index is 0.687. The third kappa shape index (κ3) is 4.45. The second-order valence-electron chi connectivity index (χ2n) is 5.30. The molecule has 1 aromatic carbocycles. The first-order chi connectivity index (χ1) is 11.8. The van der Waals surface area contributed by atoms with E-state index in [1.807, 2.05) is 29.1 Å². The third-order valence-electron chi connectivity index (χ3n) is 3.48. The number of hydrogen-bond donors (Lipinski definition) is 2. The molecule has 3 aromatic rings. The van der Waals surface area contributed by atoms with Gasteiger partial charge in [0, 0.05) is 25.5 Å². The van der Waals surface area contributed by atoms with Crippen molar-refractivity contribution in [1.82, 2.24) is 20.4 Å². The van der Waals surface area contributed by atoms with Gasteiger partial charge in [0.25, 0.3) is 0 Å². The standard InChI is InChI=1S/C18H21N5S/c1-2-19-18(21-13-16-7-10-24-14-16)20-12-15-5-3-6-17(11-15)23-9-4-8-22-23/h3-11,14H,2,12-13H2,1H3,(H2,19,20,21). The number of hydrogen-bond acceptors (Lipinski definition) is 3. The van der Waals surface area contributed by atoms with Crippen molar-refractivity contribution < 1.29 is 0 Å². The van der Waals surface area contributed by atoms with Gasteiger partial charge in [0.05, 0.1) is 12.2 Å². The lowest BCUT2D eigenvalue weighted by Gasteiger charge is -2.12. The van der Waals surface area contributed by atoms with E-state index in [1.165, 1.54) is 11.1 Å². The molecule has 0 saturated carbocycles. The molecule has 2 N–H and O–H groups in total. The highest BCUT2D eigenvalue weighted by Gasteiger charge is 2.01. The van der Waals surface area contributed by atoms with Crippen LogP contribution in [0.4, 0.5) is 0 Å². The second-order valence-corrected chi connectivity index (χ2v) is 6.08. The van der Waals surface area contributed by atoms with E-state index in [0.717, 1.165) is 18.2 Å². The Bertz CT molecular complexity index is 763. The third-order valence-corrected chi connectivity index (χ3v) is 4.22. The first kappa shape index (κ1) is 16.3. The molecule has 0 saturated heterocycles. The Morgan fingerprint density at radius 2 is 2.17 bits per heavy atom. The van der Waals surface area contributed by atoms with Crippen molar-refractivity contribution >= 4 is 17.3 Å². The van der Waals surface area contributed by atoms with E-state index in [2.05, 4.69) is 56.6 Å². The van der Waals surface area contributed by atoms with E-state index in [4.69, 9.17) is 0 Å². The molecule has 0 unspecified atom stereocenters. The quantitative estimate of drug-likeness (QED) is 0.536. The zero-order valence-electron chi connectivity index (χ0n) is 13.6. The van der Waals surface area contributed by atoms with Crippen molar-refractivity contribution in [1.29, 1.82) is 0 Å². The van der Waals surface area contributed by atoms with E-state index >= 15 is 0 Å². The van der Waals surface area contributed by atoms with Crippen LogP contribution in [0, 0.1) is 0 Å². The maximum absolute atomic E-state index is 4.63. The molecule has 5 nitrogen and oxygen atoms in total. The Hall–Kier alpha value is -2.60. The molecule has 0 radical (unpaired) electrons. The van der Waals surface area contributed by atoms with Crippen molar-refractivity contribution in [2.45, 2.75) is 20.0 Å². The lowest BCUT2D eigenvalue weighted by molar-refractivity contribution is 0.812. The molecular weight excluding hydrogens is 318 g/mol. The number of aliphatic imine (C=N–C) groups is 1. The molecule has 0 aliphatic rings. The number of rotatable bonds is 6. The van der Waals surface area contributed by atoms with Crippen molar-refractivity contribution in [3.63, 3.8) is 0 Å². The van der Waals surface area contributed by atoms with Gasteiger partial charge in [0.1, 0.15) is 0 Å². The molecule has 0 bridgehead atoms. The molecule has 0 fully saturated rings. The Morgan fingerprint density at radius 3 is 2.92 bits per heavy atom. The molecule has 124 valence electrons. The van der Waals surface area contributed by atoms with E-state index in [9.17, 15) is 0 Å². The predicted octanol–water partition coefficient (Wildman–Crippen LogP) is 3.19. The molecule has 0 spiro atoms. The first-order valence-electron chi connectivity index (χ1n) is 7.97. The Morgan fingerprint density at radius 1 is 1.21 bits per heavy atom. The Labute approximate surface area is 146 Å². The van der Waals surface area contributed by atoms with E-state index in [0.29, 0.717) is 13.1 Å². The Kier molecular flexibility index (Phi) is 5.63. The number of nitrogens with one attached hydrogen (secondary N) is 2. The molecule has 0 aliphatic carbocycles. The summed E-state index contributed by atoms with van der Waals surface area (Å²) in [6.45, 7) is 4.31. The van der Waals surface area contributed by atoms with Crippen LogP contribution in [0.5, 0.6) is 0 Å². The molecule has 2 heterocycles. The summed E-state index contributed by atoms with van der Waals surface area (Å²) >= 11 is 1.70. The smallest absolute Gasteiger partial charge is 0.191 e. The van der Waals surface area contributed by atoms with Crippen LogP contribution in [0.15, 0.2) is 64.5 Å². The van der Waals surface area contributed by atoms with Gasteiger partial charge >= 0.3 is 0 Å². The molecular formula is C18H21N5S. The van der Waals surface area contributed by atoms with Gasteiger partial charge in [-0.3, -0.25) is 0 Å². The molecule has 0 atom stereocenters. The van der Waals surface area contributed by atoms with Crippen molar-refractivity contribution in [2.24, 2.45) is 4.99 Å². The molecule has 6 heteroatoms. The van der Waals surface area contributed by atoms with Crippen LogP contribution in [0.25, 0.3) is 5.69 Å². The van der Waals surface area contributed by atoms with E-state index in [-0.39, 0.29) is 0 Å².